The maximum Gasteiger partial charge on any atom is 0.231 e. The van der Waals surface area contributed by atoms with Crippen LogP contribution in [0.4, 0.5) is 17.8 Å². The van der Waals surface area contributed by atoms with E-state index in [0.29, 0.717) is 18.5 Å². The van der Waals surface area contributed by atoms with Crippen molar-refractivity contribution in [1.29, 1.82) is 0 Å². The highest BCUT2D eigenvalue weighted by Crippen LogP contribution is 2.18. The van der Waals surface area contributed by atoms with Crippen molar-refractivity contribution < 1.29 is 4.74 Å². The third-order valence-corrected chi connectivity index (χ3v) is 3.62. The van der Waals surface area contributed by atoms with Crippen molar-refractivity contribution in [2.24, 2.45) is 0 Å². The number of rotatable bonds is 7. The van der Waals surface area contributed by atoms with Crippen molar-refractivity contribution in [2.45, 2.75) is 45.1 Å². The van der Waals surface area contributed by atoms with Crippen molar-refractivity contribution >= 4 is 17.8 Å². The lowest BCUT2D eigenvalue weighted by atomic mass is 10.1. The molecular weight excluding hydrogens is 268 g/mol. The van der Waals surface area contributed by atoms with Gasteiger partial charge in [0, 0.05) is 20.2 Å². The molecule has 1 unspecified atom stereocenters. The van der Waals surface area contributed by atoms with E-state index in [4.69, 9.17) is 10.5 Å². The molecule has 1 aromatic heterocycles. The quantitative estimate of drug-likeness (QED) is 0.790. The maximum atomic E-state index is 5.83. The third kappa shape index (κ3) is 4.70. The molecule has 0 spiro atoms. The number of anilines is 3. The van der Waals surface area contributed by atoms with E-state index in [1.165, 1.54) is 19.3 Å². The number of nitrogens with zero attached hydrogens (tertiary/aromatic N) is 4. The lowest BCUT2D eigenvalue weighted by Crippen LogP contribution is -2.32. The Balaban J connectivity index is 2.09. The summed E-state index contributed by atoms with van der Waals surface area (Å²) in [5, 5.41) is 3.31. The van der Waals surface area contributed by atoms with Gasteiger partial charge in [0.15, 0.2) is 0 Å². The molecule has 7 nitrogen and oxygen atoms in total. The minimum absolute atomic E-state index is 0.191. The Morgan fingerprint density at radius 3 is 2.67 bits per heavy atom. The fourth-order valence-corrected chi connectivity index (χ4v) is 2.61. The first-order valence-electron chi connectivity index (χ1n) is 7.75. The third-order valence-electron chi connectivity index (χ3n) is 3.62. The standard InChI is InChI=1S/C14H26N6O/c1-3-7-11(10-21-2)16-13-17-12(15)18-14(19-13)20-8-5-4-6-9-20/h11H,3-10H2,1-2H3,(H3,15,16,17,18,19). The van der Waals surface area contributed by atoms with Crippen LogP contribution >= 0.6 is 0 Å². The Morgan fingerprint density at radius 1 is 1.24 bits per heavy atom. The average molecular weight is 294 g/mol. The summed E-state index contributed by atoms with van der Waals surface area (Å²) < 4.78 is 5.23. The molecule has 0 amide bonds. The van der Waals surface area contributed by atoms with Crippen LogP contribution in [0.3, 0.4) is 0 Å². The van der Waals surface area contributed by atoms with Crippen LogP contribution in [0, 0.1) is 0 Å². The SMILES string of the molecule is CCCC(COC)Nc1nc(N)nc(N2CCCCC2)n1. The van der Waals surface area contributed by atoms with E-state index in [1.54, 1.807) is 7.11 Å². The summed E-state index contributed by atoms with van der Waals surface area (Å²) in [5.74, 6) is 1.48. The summed E-state index contributed by atoms with van der Waals surface area (Å²) >= 11 is 0. The molecule has 3 N–H and O–H groups in total. The van der Waals surface area contributed by atoms with E-state index < -0.39 is 0 Å². The second-order valence-electron chi connectivity index (χ2n) is 5.45. The van der Waals surface area contributed by atoms with Gasteiger partial charge in [0.1, 0.15) is 0 Å². The zero-order chi connectivity index (χ0) is 15.1. The van der Waals surface area contributed by atoms with Gasteiger partial charge in [-0.05, 0) is 25.7 Å². The molecular formula is C14H26N6O. The van der Waals surface area contributed by atoms with Gasteiger partial charge in [0.05, 0.1) is 12.6 Å². The molecule has 1 saturated heterocycles. The molecule has 1 fully saturated rings. The van der Waals surface area contributed by atoms with Gasteiger partial charge in [-0.25, -0.2) is 0 Å². The second-order valence-corrected chi connectivity index (χ2v) is 5.45. The molecule has 1 atom stereocenters. The topological polar surface area (TPSA) is 89.2 Å². The summed E-state index contributed by atoms with van der Waals surface area (Å²) in [5.41, 5.74) is 5.83. The Morgan fingerprint density at radius 2 is 2.00 bits per heavy atom. The summed E-state index contributed by atoms with van der Waals surface area (Å²) in [7, 11) is 1.70. The molecule has 7 heteroatoms. The largest absolute Gasteiger partial charge is 0.383 e. The average Bonchev–Trinajstić information content (AvgIpc) is 2.48. The van der Waals surface area contributed by atoms with Gasteiger partial charge in [-0.3, -0.25) is 0 Å². The fraction of sp³-hybridized carbons (Fsp3) is 0.786. The monoisotopic (exact) mass is 294 g/mol. The highest BCUT2D eigenvalue weighted by Gasteiger charge is 2.17. The van der Waals surface area contributed by atoms with Gasteiger partial charge < -0.3 is 20.7 Å². The number of aromatic nitrogens is 3. The normalized spacial score (nSPS) is 16.8. The van der Waals surface area contributed by atoms with Crippen LogP contribution in [0.2, 0.25) is 0 Å². The van der Waals surface area contributed by atoms with E-state index in [2.05, 4.69) is 32.1 Å². The number of hydrogen-bond donors (Lipinski definition) is 2. The van der Waals surface area contributed by atoms with E-state index in [0.717, 1.165) is 25.9 Å². The summed E-state index contributed by atoms with van der Waals surface area (Å²) in [6, 6.07) is 0.191. The minimum Gasteiger partial charge on any atom is -0.383 e. The first-order valence-corrected chi connectivity index (χ1v) is 7.75. The number of piperidine rings is 1. The molecule has 2 heterocycles. The van der Waals surface area contributed by atoms with Crippen molar-refractivity contribution in [2.75, 3.05) is 42.8 Å². The number of nitrogens with one attached hydrogen (secondary N) is 1. The molecule has 21 heavy (non-hydrogen) atoms. The lowest BCUT2D eigenvalue weighted by molar-refractivity contribution is 0.182. The van der Waals surface area contributed by atoms with E-state index in [9.17, 15) is 0 Å². The highest BCUT2D eigenvalue weighted by atomic mass is 16.5. The number of ether oxygens (including phenoxy) is 1. The van der Waals surface area contributed by atoms with Crippen LogP contribution in [-0.2, 0) is 4.74 Å². The fourth-order valence-electron chi connectivity index (χ4n) is 2.61. The van der Waals surface area contributed by atoms with Gasteiger partial charge in [-0.2, -0.15) is 15.0 Å². The minimum atomic E-state index is 0.191. The van der Waals surface area contributed by atoms with Gasteiger partial charge >= 0.3 is 0 Å². The molecule has 2 rings (SSSR count). The number of nitrogens with two attached hydrogens (primary N) is 1. The molecule has 0 radical (unpaired) electrons. The maximum absolute atomic E-state index is 5.83. The molecule has 1 aliphatic rings. The first kappa shape index (κ1) is 15.8. The predicted octanol–water partition coefficient (Wildman–Crippen LogP) is 1.67. The van der Waals surface area contributed by atoms with Crippen LogP contribution in [0.5, 0.6) is 0 Å². The molecule has 118 valence electrons. The van der Waals surface area contributed by atoms with Crippen LogP contribution in [0.1, 0.15) is 39.0 Å². The molecule has 1 aliphatic heterocycles. The predicted molar refractivity (Wildman–Crippen MR) is 84.5 cm³/mol. The molecule has 0 saturated carbocycles. The molecule has 0 aliphatic carbocycles. The van der Waals surface area contributed by atoms with Crippen LogP contribution in [-0.4, -0.2) is 47.8 Å². The summed E-state index contributed by atoms with van der Waals surface area (Å²) in [4.78, 5) is 15.2. The van der Waals surface area contributed by atoms with E-state index >= 15 is 0 Å². The number of nitrogen functional groups attached to an aromatic ring is 1. The molecule has 0 bridgehead atoms. The Labute approximate surface area is 126 Å². The van der Waals surface area contributed by atoms with Gasteiger partial charge in [0.25, 0.3) is 0 Å². The van der Waals surface area contributed by atoms with Crippen molar-refractivity contribution in [1.82, 2.24) is 15.0 Å². The summed E-state index contributed by atoms with van der Waals surface area (Å²) in [6.45, 7) is 4.74. The Bertz CT molecular complexity index is 429. The second kappa shape index (κ2) is 7.97. The van der Waals surface area contributed by atoms with Gasteiger partial charge in [-0.1, -0.05) is 13.3 Å². The summed E-state index contributed by atoms with van der Waals surface area (Å²) in [6.07, 6.45) is 5.70. The zero-order valence-corrected chi connectivity index (χ0v) is 13.0. The van der Waals surface area contributed by atoms with Crippen molar-refractivity contribution in [3.8, 4) is 0 Å². The van der Waals surface area contributed by atoms with Crippen LogP contribution < -0.4 is 16.0 Å². The van der Waals surface area contributed by atoms with Crippen molar-refractivity contribution in [3.05, 3.63) is 0 Å². The molecule has 0 aromatic carbocycles. The van der Waals surface area contributed by atoms with Crippen LogP contribution in [0.25, 0.3) is 0 Å². The smallest absolute Gasteiger partial charge is 0.231 e. The van der Waals surface area contributed by atoms with Crippen molar-refractivity contribution in [3.63, 3.8) is 0 Å². The number of hydrogen-bond acceptors (Lipinski definition) is 7. The Kier molecular flexibility index (Phi) is 5.98. The van der Waals surface area contributed by atoms with E-state index in [1.807, 2.05) is 0 Å². The number of methoxy groups -OCH3 is 1. The van der Waals surface area contributed by atoms with Crippen LogP contribution in [0.15, 0.2) is 0 Å². The Hall–Kier alpha value is -1.63. The van der Waals surface area contributed by atoms with Gasteiger partial charge in [-0.15, -0.1) is 0 Å². The van der Waals surface area contributed by atoms with E-state index in [-0.39, 0.29) is 12.0 Å². The first-order chi connectivity index (χ1) is 10.2. The van der Waals surface area contributed by atoms with Gasteiger partial charge in [0.2, 0.25) is 17.8 Å². The highest BCUT2D eigenvalue weighted by molar-refractivity contribution is 5.42. The lowest BCUT2D eigenvalue weighted by Gasteiger charge is -2.27. The molecule has 1 aromatic rings. The zero-order valence-electron chi connectivity index (χ0n) is 13.0.